The van der Waals surface area contributed by atoms with Crippen molar-refractivity contribution < 1.29 is 0 Å². The van der Waals surface area contributed by atoms with Crippen LogP contribution in [0.1, 0.15) is 49.5 Å². The number of aromatic nitrogens is 3. The van der Waals surface area contributed by atoms with E-state index in [4.69, 9.17) is 5.73 Å². The van der Waals surface area contributed by atoms with Crippen molar-refractivity contribution >= 4 is 5.95 Å². The number of benzene rings is 1. The third kappa shape index (κ3) is 2.38. The second-order valence-electron chi connectivity index (χ2n) is 6.50. The molecular formula is C16H20N4. The summed E-state index contributed by atoms with van der Waals surface area (Å²) in [5.74, 6) is 2.25. The minimum atomic E-state index is -0.114. The topological polar surface area (TPSA) is 64.7 Å². The summed E-state index contributed by atoms with van der Waals surface area (Å²) in [6, 6.07) is 8.54. The number of hydrogen-bond donors (Lipinski definition) is 1. The minimum absolute atomic E-state index is 0.114. The highest BCUT2D eigenvalue weighted by atomic mass is 15.1. The molecule has 1 aliphatic carbocycles. The number of nitrogens with two attached hydrogens (primary N) is 1. The summed E-state index contributed by atoms with van der Waals surface area (Å²) in [6.07, 6.45) is 1.98. The van der Waals surface area contributed by atoms with E-state index in [0.29, 0.717) is 11.9 Å². The molecule has 0 fully saturated rings. The van der Waals surface area contributed by atoms with Gasteiger partial charge >= 0.3 is 0 Å². The fourth-order valence-corrected chi connectivity index (χ4v) is 2.67. The molecular weight excluding hydrogens is 248 g/mol. The summed E-state index contributed by atoms with van der Waals surface area (Å²) in [5, 5.41) is 0. The predicted octanol–water partition coefficient (Wildman–Crippen LogP) is 2.63. The number of anilines is 1. The summed E-state index contributed by atoms with van der Waals surface area (Å²) in [5.41, 5.74) is 8.55. The number of nitrogen functional groups attached to an aromatic ring is 1. The summed E-state index contributed by atoms with van der Waals surface area (Å²) >= 11 is 0. The van der Waals surface area contributed by atoms with Crippen LogP contribution >= 0.6 is 0 Å². The lowest BCUT2D eigenvalue weighted by Gasteiger charge is -2.18. The van der Waals surface area contributed by atoms with Gasteiger partial charge in [-0.3, -0.25) is 0 Å². The average Bonchev–Trinajstić information content (AvgIpc) is 2.80. The molecule has 0 saturated carbocycles. The Hall–Kier alpha value is -1.97. The standard InChI is InChI=1S/C16H20N4/c1-16(2,3)14-18-13(19-15(17)20-14)12-8-10-6-4-5-7-11(10)9-12/h4-7,12H,8-9H2,1-3H3,(H2,17,18,19,20). The lowest BCUT2D eigenvalue weighted by Crippen LogP contribution is -2.20. The predicted molar refractivity (Wildman–Crippen MR) is 79.5 cm³/mol. The molecule has 4 heteroatoms. The Bertz CT molecular complexity index is 618. The van der Waals surface area contributed by atoms with Crippen molar-refractivity contribution in [3.05, 3.63) is 47.0 Å². The molecule has 104 valence electrons. The Morgan fingerprint density at radius 1 is 1.00 bits per heavy atom. The van der Waals surface area contributed by atoms with Crippen molar-refractivity contribution in [3.8, 4) is 0 Å². The summed E-state index contributed by atoms with van der Waals surface area (Å²) in [7, 11) is 0. The van der Waals surface area contributed by atoms with E-state index in [1.54, 1.807) is 0 Å². The first-order valence-corrected chi connectivity index (χ1v) is 7.02. The Morgan fingerprint density at radius 3 is 2.15 bits per heavy atom. The van der Waals surface area contributed by atoms with Crippen LogP contribution in [0.2, 0.25) is 0 Å². The molecule has 2 aromatic rings. The van der Waals surface area contributed by atoms with Gasteiger partial charge in [0.2, 0.25) is 5.95 Å². The molecule has 0 aliphatic heterocycles. The lowest BCUT2D eigenvalue weighted by atomic mass is 9.95. The highest BCUT2D eigenvalue weighted by Crippen LogP contribution is 2.33. The van der Waals surface area contributed by atoms with E-state index in [0.717, 1.165) is 24.5 Å². The zero-order valence-corrected chi connectivity index (χ0v) is 12.2. The van der Waals surface area contributed by atoms with Gasteiger partial charge in [-0.2, -0.15) is 9.97 Å². The third-order valence-corrected chi connectivity index (χ3v) is 3.76. The normalized spacial score (nSPS) is 15.3. The molecule has 1 aromatic heterocycles. The quantitative estimate of drug-likeness (QED) is 0.863. The van der Waals surface area contributed by atoms with E-state index >= 15 is 0 Å². The van der Waals surface area contributed by atoms with Crippen molar-refractivity contribution in [2.45, 2.75) is 44.9 Å². The molecule has 0 saturated heterocycles. The highest BCUT2D eigenvalue weighted by Gasteiger charge is 2.27. The average molecular weight is 268 g/mol. The van der Waals surface area contributed by atoms with Gasteiger partial charge in [-0.05, 0) is 24.0 Å². The van der Waals surface area contributed by atoms with Crippen LogP contribution in [0.5, 0.6) is 0 Å². The number of hydrogen-bond acceptors (Lipinski definition) is 4. The second-order valence-corrected chi connectivity index (χ2v) is 6.50. The minimum Gasteiger partial charge on any atom is -0.368 e. The maximum Gasteiger partial charge on any atom is 0.223 e. The monoisotopic (exact) mass is 268 g/mol. The van der Waals surface area contributed by atoms with Gasteiger partial charge in [0.15, 0.2) is 0 Å². The smallest absolute Gasteiger partial charge is 0.223 e. The molecule has 0 bridgehead atoms. The van der Waals surface area contributed by atoms with Gasteiger partial charge in [-0.15, -0.1) is 0 Å². The Balaban J connectivity index is 1.95. The highest BCUT2D eigenvalue weighted by molar-refractivity contribution is 5.35. The fraction of sp³-hybridized carbons (Fsp3) is 0.438. The number of nitrogens with zero attached hydrogens (tertiary/aromatic N) is 3. The van der Waals surface area contributed by atoms with Crippen LogP contribution in [-0.2, 0) is 18.3 Å². The Morgan fingerprint density at radius 2 is 1.60 bits per heavy atom. The first-order valence-electron chi connectivity index (χ1n) is 7.02. The molecule has 1 aromatic carbocycles. The van der Waals surface area contributed by atoms with Crippen molar-refractivity contribution in [1.82, 2.24) is 15.0 Å². The van der Waals surface area contributed by atoms with E-state index < -0.39 is 0 Å². The zero-order valence-electron chi connectivity index (χ0n) is 12.2. The second kappa shape index (κ2) is 4.54. The number of fused-ring (bicyclic) bond motifs is 1. The third-order valence-electron chi connectivity index (χ3n) is 3.76. The van der Waals surface area contributed by atoms with Gasteiger partial charge in [0.1, 0.15) is 11.6 Å². The summed E-state index contributed by atoms with van der Waals surface area (Å²) in [6.45, 7) is 6.28. The van der Waals surface area contributed by atoms with Crippen molar-refractivity contribution in [3.63, 3.8) is 0 Å². The van der Waals surface area contributed by atoms with Crippen LogP contribution < -0.4 is 5.73 Å². The van der Waals surface area contributed by atoms with Crippen molar-refractivity contribution in [2.24, 2.45) is 0 Å². The molecule has 0 spiro atoms. The molecule has 2 N–H and O–H groups in total. The molecule has 20 heavy (non-hydrogen) atoms. The van der Waals surface area contributed by atoms with E-state index in [1.165, 1.54) is 11.1 Å². The van der Waals surface area contributed by atoms with E-state index in [1.807, 2.05) is 0 Å². The van der Waals surface area contributed by atoms with Gasteiger partial charge < -0.3 is 5.73 Å². The summed E-state index contributed by atoms with van der Waals surface area (Å²) < 4.78 is 0. The molecule has 3 rings (SSSR count). The Labute approximate surface area is 119 Å². The first-order chi connectivity index (χ1) is 9.43. The van der Waals surface area contributed by atoms with Gasteiger partial charge in [0, 0.05) is 11.3 Å². The largest absolute Gasteiger partial charge is 0.368 e. The summed E-state index contributed by atoms with van der Waals surface area (Å²) in [4.78, 5) is 13.3. The maximum absolute atomic E-state index is 5.87. The molecule has 0 atom stereocenters. The molecule has 0 radical (unpaired) electrons. The van der Waals surface area contributed by atoms with Gasteiger partial charge in [-0.1, -0.05) is 45.0 Å². The van der Waals surface area contributed by atoms with Crippen molar-refractivity contribution in [2.75, 3.05) is 5.73 Å². The molecule has 0 unspecified atom stereocenters. The van der Waals surface area contributed by atoms with Crippen LogP contribution in [0, 0.1) is 0 Å². The van der Waals surface area contributed by atoms with Crippen molar-refractivity contribution in [1.29, 1.82) is 0 Å². The van der Waals surface area contributed by atoms with Crippen LogP contribution in [-0.4, -0.2) is 15.0 Å². The fourth-order valence-electron chi connectivity index (χ4n) is 2.67. The van der Waals surface area contributed by atoms with Gasteiger partial charge in [0.05, 0.1) is 0 Å². The van der Waals surface area contributed by atoms with E-state index in [-0.39, 0.29) is 5.41 Å². The van der Waals surface area contributed by atoms with Crippen LogP contribution in [0.4, 0.5) is 5.95 Å². The van der Waals surface area contributed by atoms with Crippen LogP contribution in [0.15, 0.2) is 24.3 Å². The molecule has 1 heterocycles. The molecule has 1 aliphatic rings. The SMILES string of the molecule is CC(C)(C)c1nc(N)nc(C2Cc3ccccc3C2)n1. The van der Waals surface area contributed by atoms with Gasteiger partial charge in [0.25, 0.3) is 0 Å². The first kappa shape index (κ1) is 13.0. The van der Waals surface area contributed by atoms with Crippen LogP contribution in [0.25, 0.3) is 0 Å². The Kier molecular flexibility index (Phi) is 2.96. The maximum atomic E-state index is 5.87. The van der Waals surface area contributed by atoms with Gasteiger partial charge in [-0.25, -0.2) is 4.98 Å². The zero-order chi connectivity index (χ0) is 14.3. The molecule has 4 nitrogen and oxygen atoms in total. The van der Waals surface area contributed by atoms with E-state index in [2.05, 4.69) is 60.0 Å². The lowest BCUT2D eigenvalue weighted by molar-refractivity contribution is 0.529. The van der Waals surface area contributed by atoms with E-state index in [9.17, 15) is 0 Å². The number of rotatable bonds is 1. The molecule has 0 amide bonds. The van der Waals surface area contributed by atoms with Crippen LogP contribution in [0.3, 0.4) is 0 Å².